The molecule has 0 heterocycles. The lowest BCUT2D eigenvalue weighted by molar-refractivity contribution is -0.167. The average molecular weight is 403 g/mol. The van der Waals surface area contributed by atoms with Gasteiger partial charge in [-0.05, 0) is 79.4 Å². The summed E-state index contributed by atoms with van der Waals surface area (Å²) in [7, 11) is 0. The highest BCUT2D eigenvalue weighted by Gasteiger charge is 2.63. The molecule has 166 valence electrons. The first-order valence-electron chi connectivity index (χ1n) is 12.7. The molecule has 2 heteroatoms. The summed E-state index contributed by atoms with van der Waals surface area (Å²) in [6.07, 6.45) is 16.0. The van der Waals surface area contributed by atoms with Crippen LogP contribution in [0.15, 0.2) is 12.2 Å². The average Bonchev–Trinajstić information content (AvgIpc) is 2.99. The Morgan fingerprint density at radius 2 is 1.72 bits per heavy atom. The highest BCUT2D eigenvalue weighted by Crippen LogP contribution is 2.67. The summed E-state index contributed by atoms with van der Waals surface area (Å²) in [5, 5.41) is 21.7. The molecule has 2 N–H and O–H groups in total. The molecule has 1 unspecified atom stereocenters. The van der Waals surface area contributed by atoms with Crippen molar-refractivity contribution in [2.75, 3.05) is 0 Å². The van der Waals surface area contributed by atoms with Crippen molar-refractivity contribution in [3.8, 4) is 0 Å². The zero-order valence-electron chi connectivity index (χ0n) is 19.7. The Kier molecular flexibility index (Phi) is 5.78. The minimum Gasteiger partial charge on any atom is -0.393 e. The highest BCUT2D eigenvalue weighted by atomic mass is 16.3. The number of allylic oxidation sites excluding steroid dienone is 1. The third-order valence-electron chi connectivity index (χ3n) is 10.5. The number of aliphatic hydroxyl groups is 2. The lowest BCUT2D eigenvalue weighted by Crippen LogP contribution is -2.60. The van der Waals surface area contributed by atoms with Crippen molar-refractivity contribution in [3.63, 3.8) is 0 Å². The van der Waals surface area contributed by atoms with E-state index in [9.17, 15) is 10.2 Å². The Morgan fingerprint density at radius 1 is 0.966 bits per heavy atom. The van der Waals surface area contributed by atoms with Gasteiger partial charge in [0.05, 0.1) is 11.7 Å². The van der Waals surface area contributed by atoms with E-state index in [1.807, 2.05) is 0 Å². The Balaban J connectivity index is 1.53. The fourth-order valence-electron chi connectivity index (χ4n) is 8.64. The Morgan fingerprint density at radius 3 is 2.45 bits per heavy atom. The molecule has 4 aliphatic carbocycles. The molecule has 0 bridgehead atoms. The lowest BCUT2D eigenvalue weighted by Gasteiger charge is -2.61. The molecule has 4 aliphatic rings. The van der Waals surface area contributed by atoms with Gasteiger partial charge in [0.1, 0.15) is 0 Å². The van der Waals surface area contributed by atoms with Crippen LogP contribution in [-0.2, 0) is 0 Å². The highest BCUT2D eigenvalue weighted by molar-refractivity contribution is 5.24. The van der Waals surface area contributed by atoms with Crippen LogP contribution in [0, 0.1) is 46.3 Å². The van der Waals surface area contributed by atoms with E-state index in [1.165, 1.54) is 44.9 Å². The predicted molar refractivity (Wildman–Crippen MR) is 120 cm³/mol. The second kappa shape index (κ2) is 7.66. The van der Waals surface area contributed by atoms with Gasteiger partial charge in [-0.1, -0.05) is 66.0 Å². The summed E-state index contributed by atoms with van der Waals surface area (Å²) in [5.41, 5.74) is -0.390. The van der Waals surface area contributed by atoms with E-state index in [4.69, 9.17) is 0 Å². The van der Waals surface area contributed by atoms with Gasteiger partial charge in [-0.15, -0.1) is 0 Å². The third-order valence-corrected chi connectivity index (χ3v) is 10.5. The lowest BCUT2D eigenvalue weighted by atomic mass is 9.45. The van der Waals surface area contributed by atoms with Crippen molar-refractivity contribution in [1.29, 1.82) is 0 Å². The maximum atomic E-state index is 11.5. The van der Waals surface area contributed by atoms with Crippen LogP contribution in [0.1, 0.15) is 98.8 Å². The molecule has 0 amide bonds. The normalized spacial score (nSPS) is 50.1. The molecular weight excluding hydrogens is 356 g/mol. The maximum Gasteiger partial charge on any atom is 0.0908 e. The summed E-state index contributed by atoms with van der Waals surface area (Å²) in [6.45, 7) is 12.2. The van der Waals surface area contributed by atoms with Gasteiger partial charge in [-0.25, -0.2) is 0 Å². The first-order chi connectivity index (χ1) is 13.6. The van der Waals surface area contributed by atoms with Crippen LogP contribution >= 0.6 is 0 Å². The van der Waals surface area contributed by atoms with Gasteiger partial charge < -0.3 is 10.2 Å². The van der Waals surface area contributed by atoms with Gasteiger partial charge in [0.25, 0.3) is 0 Å². The van der Waals surface area contributed by atoms with Crippen molar-refractivity contribution in [2.45, 2.75) is 111 Å². The molecule has 0 aliphatic heterocycles. The molecule has 0 aromatic carbocycles. The predicted octanol–water partition coefficient (Wildman–Crippen LogP) is 6.36. The van der Waals surface area contributed by atoms with Crippen molar-refractivity contribution >= 4 is 0 Å². The van der Waals surface area contributed by atoms with E-state index < -0.39 is 5.60 Å². The number of rotatable bonds is 5. The molecule has 29 heavy (non-hydrogen) atoms. The molecule has 9 atom stereocenters. The monoisotopic (exact) mass is 402 g/mol. The fourth-order valence-corrected chi connectivity index (χ4v) is 8.64. The van der Waals surface area contributed by atoms with E-state index in [0.717, 1.165) is 36.5 Å². The van der Waals surface area contributed by atoms with Crippen LogP contribution in [0.3, 0.4) is 0 Å². The fraction of sp³-hybridized carbons (Fsp3) is 0.926. The summed E-state index contributed by atoms with van der Waals surface area (Å²) < 4.78 is 0. The molecule has 0 aromatic heterocycles. The molecule has 4 rings (SSSR count). The maximum absolute atomic E-state index is 11.5. The van der Waals surface area contributed by atoms with Gasteiger partial charge in [0.2, 0.25) is 0 Å². The van der Waals surface area contributed by atoms with Crippen LogP contribution in [0.5, 0.6) is 0 Å². The van der Waals surface area contributed by atoms with E-state index >= 15 is 0 Å². The zero-order valence-corrected chi connectivity index (χ0v) is 19.7. The van der Waals surface area contributed by atoms with Crippen LogP contribution in [-0.4, -0.2) is 21.9 Å². The molecule has 0 radical (unpaired) electrons. The van der Waals surface area contributed by atoms with Crippen molar-refractivity contribution in [2.24, 2.45) is 46.3 Å². The molecular formula is C27H46O2. The first kappa shape index (κ1) is 21.9. The van der Waals surface area contributed by atoms with Crippen LogP contribution < -0.4 is 0 Å². The topological polar surface area (TPSA) is 40.5 Å². The Hall–Kier alpha value is -0.340. The van der Waals surface area contributed by atoms with Gasteiger partial charge in [-0.2, -0.15) is 0 Å². The number of hydrogen-bond donors (Lipinski definition) is 2. The van der Waals surface area contributed by atoms with E-state index in [2.05, 4.69) is 46.8 Å². The van der Waals surface area contributed by atoms with Crippen molar-refractivity contribution < 1.29 is 10.2 Å². The van der Waals surface area contributed by atoms with Crippen LogP contribution in [0.4, 0.5) is 0 Å². The van der Waals surface area contributed by atoms with E-state index in [0.29, 0.717) is 23.7 Å². The quantitative estimate of drug-likeness (QED) is 0.525. The minimum absolute atomic E-state index is 0.0616. The Labute approximate surface area is 179 Å². The minimum atomic E-state index is -0.804. The second-order valence-electron chi connectivity index (χ2n) is 12.4. The molecule has 3 saturated carbocycles. The second-order valence-corrected chi connectivity index (χ2v) is 12.4. The summed E-state index contributed by atoms with van der Waals surface area (Å²) in [5.74, 6) is 4.52. The van der Waals surface area contributed by atoms with Gasteiger partial charge in [-0.3, -0.25) is 0 Å². The summed E-state index contributed by atoms with van der Waals surface area (Å²) >= 11 is 0. The third kappa shape index (κ3) is 3.45. The number of hydrogen-bond acceptors (Lipinski definition) is 2. The zero-order chi connectivity index (χ0) is 21.0. The van der Waals surface area contributed by atoms with Crippen LogP contribution in [0.2, 0.25) is 0 Å². The number of aliphatic hydroxyl groups excluding tert-OH is 1. The van der Waals surface area contributed by atoms with Crippen LogP contribution in [0.25, 0.3) is 0 Å². The molecule has 0 spiro atoms. The molecule has 3 fully saturated rings. The van der Waals surface area contributed by atoms with Gasteiger partial charge in [0, 0.05) is 11.8 Å². The van der Waals surface area contributed by atoms with E-state index in [-0.39, 0.29) is 11.5 Å². The SMILES string of the molecule is CC(C)CCC[C@@H](C)C1CC[C@H]2[C@@H]3C=C[C@@]4(O)C[C@@H](O)CC[C@]4(C)[C@H]3CC[C@]12C. The van der Waals surface area contributed by atoms with Crippen molar-refractivity contribution in [3.05, 3.63) is 12.2 Å². The van der Waals surface area contributed by atoms with E-state index in [1.54, 1.807) is 0 Å². The van der Waals surface area contributed by atoms with Crippen molar-refractivity contribution in [1.82, 2.24) is 0 Å². The Bertz CT molecular complexity index is 626. The molecule has 2 nitrogen and oxygen atoms in total. The number of fused-ring (bicyclic) bond motifs is 5. The van der Waals surface area contributed by atoms with Gasteiger partial charge in [0.15, 0.2) is 0 Å². The molecule has 0 aromatic rings. The largest absolute Gasteiger partial charge is 0.393 e. The summed E-state index contributed by atoms with van der Waals surface area (Å²) in [4.78, 5) is 0. The first-order valence-corrected chi connectivity index (χ1v) is 12.7. The standard InChI is InChI=1S/C27H46O2/c1-18(2)7-6-8-19(3)22-9-10-23-21-12-16-27(29)17-20(28)11-15-26(27,5)24(21)13-14-25(22,23)4/h12,16,18-24,28-29H,6-11,13-15,17H2,1-5H3/t19-,20+,21+,22?,23+,24+,25-,26-,27-/m1/s1. The molecule has 0 saturated heterocycles. The smallest absolute Gasteiger partial charge is 0.0908 e. The van der Waals surface area contributed by atoms with Gasteiger partial charge >= 0.3 is 0 Å². The summed E-state index contributed by atoms with van der Waals surface area (Å²) in [6, 6.07) is 0.